The number of amides is 1. The molecule has 0 saturated heterocycles. The third-order valence-corrected chi connectivity index (χ3v) is 4.78. The van der Waals surface area contributed by atoms with Crippen LogP contribution in [0.3, 0.4) is 0 Å². The van der Waals surface area contributed by atoms with E-state index in [9.17, 15) is 4.79 Å². The molecule has 1 atom stereocenters. The summed E-state index contributed by atoms with van der Waals surface area (Å²) in [4.78, 5) is 11.7. The monoisotopic (exact) mass is 322 g/mol. The Morgan fingerprint density at radius 2 is 2.05 bits per heavy atom. The van der Waals surface area contributed by atoms with Crippen LogP contribution in [0.1, 0.15) is 25.3 Å². The van der Waals surface area contributed by atoms with Gasteiger partial charge < -0.3 is 15.4 Å². The fourth-order valence-electron chi connectivity index (χ4n) is 2.55. The van der Waals surface area contributed by atoms with E-state index in [4.69, 9.17) is 4.74 Å². The highest BCUT2D eigenvalue weighted by atomic mass is 32.2. The van der Waals surface area contributed by atoms with E-state index in [0.29, 0.717) is 18.6 Å². The van der Waals surface area contributed by atoms with Gasteiger partial charge in [0.15, 0.2) is 0 Å². The van der Waals surface area contributed by atoms with E-state index in [0.717, 1.165) is 24.9 Å². The maximum Gasteiger partial charge on any atom is 0.407 e. The molecule has 4 nitrogen and oxygen atoms in total. The Hall–Kier alpha value is -1.20. The molecule has 2 rings (SSSR count). The van der Waals surface area contributed by atoms with E-state index in [2.05, 4.69) is 23.8 Å². The van der Waals surface area contributed by atoms with E-state index in [1.54, 1.807) is 0 Å². The SMILES string of the molecule is CSCC(C)CNC1CC(NC(=O)OCc2ccccc2)C1. The molecule has 1 amide bonds. The standard InChI is InChI=1S/C17H26N2O2S/c1-13(12-22-2)10-18-15-8-16(9-15)19-17(20)21-11-14-6-4-3-5-7-14/h3-7,13,15-16,18H,8-12H2,1-2H3,(H,19,20). The Morgan fingerprint density at radius 1 is 1.32 bits per heavy atom. The van der Waals surface area contributed by atoms with Crippen LogP contribution >= 0.6 is 11.8 Å². The van der Waals surface area contributed by atoms with Gasteiger partial charge in [0.25, 0.3) is 0 Å². The quantitative estimate of drug-likeness (QED) is 0.772. The fourth-order valence-corrected chi connectivity index (χ4v) is 3.23. The summed E-state index contributed by atoms with van der Waals surface area (Å²) in [5.74, 6) is 1.88. The Morgan fingerprint density at radius 3 is 2.73 bits per heavy atom. The second-order valence-electron chi connectivity index (χ2n) is 6.04. The molecule has 0 aromatic heterocycles. The van der Waals surface area contributed by atoms with Crippen LogP contribution in [-0.4, -0.2) is 36.7 Å². The molecule has 1 aromatic rings. The maximum absolute atomic E-state index is 11.7. The van der Waals surface area contributed by atoms with Crippen molar-refractivity contribution >= 4 is 17.9 Å². The van der Waals surface area contributed by atoms with Crippen molar-refractivity contribution in [1.82, 2.24) is 10.6 Å². The molecule has 5 heteroatoms. The summed E-state index contributed by atoms with van der Waals surface area (Å²) in [6, 6.07) is 10.5. The van der Waals surface area contributed by atoms with Crippen molar-refractivity contribution in [2.45, 2.75) is 38.5 Å². The summed E-state index contributed by atoms with van der Waals surface area (Å²) >= 11 is 1.89. The Balaban J connectivity index is 1.54. The number of hydrogen-bond acceptors (Lipinski definition) is 4. The van der Waals surface area contributed by atoms with Gasteiger partial charge in [-0.2, -0.15) is 11.8 Å². The topological polar surface area (TPSA) is 50.4 Å². The van der Waals surface area contributed by atoms with Gasteiger partial charge in [-0.3, -0.25) is 0 Å². The minimum absolute atomic E-state index is 0.247. The predicted molar refractivity (Wildman–Crippen MR) is 92.1 cm³/mol. The van der Waals surface area contributed by atoms with Gasteiger partial charge in [0, 0.05) is 12.1 Å². The van der Waals surface area contributed by atoms with Crippen LogP contribution in [0.25, 0.3) is 0 Å². The molecule has 1 saturated carbocycles. The van der Waals surface area contributed by atoms with Gasteiger partial charge in [-0.05, 0) is 42.9 Å². The molecule has 0 aliphatic heterocycles. The van der Waals surface area contributed by atoms with Crippen molar-refractivity contribution in [3.05, 3.63) is 35.9 Å². The van der Waals surface area contributed by atoms with Crippen LogP contribution in [0, 0.1) is 5.92 Å². The number of ether oxygens (including phenoxy) is 1. The van der Waals surface area contributed by atoms with E-state index >= 15 is 0 Å². The molecule has 22 heavy (non-hydrogen) atoms. The van der Waals surface area contributed by atoms with Crippen molar-refractivity contribution in [2.75, 3.05) is 18.6 Å². The lowest BCUT2D eigenvalue weighted by atomic mass is 9.86. The van der Waals surface area contributed by atoms with Gasteiger partial charge in [-0.1, -0.05) is 37.3 Å². The van der Waals surface area contributed by atoms with Gasteiger partial charge in [0.2, 0.25) is 0 Å². The largest absolute Gasteiger partial charge is 0.445 e. The third kappa shape index (κ3) is 5.89. The van der Waals surface area contributed by atoms with Gasteiger partial charge in [-0.15, -0.1) is 0 Å². The lowest BCUT2D eigenvalue weighted by Crippen LogP contribution is -2.53. The van der Waals surface area contributed by atoms with Gasteiger partial charge in [0.05, 0.1) is 0 Å². The minimum Gasteiger partial charge on any atom is -0.445 e. The van der Waals surface area contributed by atoms with Gasteiger partial charge in [0.1, 0.15) is 6.61 Å². The molecule has 1 unspecified atom stereocenters. The predicted octanol–water partition coefficient (Wildman–Crippen LogP) is 3.03. The van der Waals surface area contributed by atoms with Crippen molar-refractivity contribution in [3.63, 3.8) is 0 Å². The summed E-state index contributed by atoms with van der Waals surface area (Å²) < 4.78 is 5.23. The van der Waals surface area contributed by atoms with Crippen molar-refractivity contribution in [1.29, 1.82) is 0 Å². The van der Waals surface area contributed by atoms with Crippen LogP contribution < -0.4 is 10.6 Å². The highest BCUT2D eigenvalue weighted by Gasteiger charge is 2.30. The van der Waals surface area contributed by atoms with Crippen LogP contribution in [-0.2, 0) is 11.3 Å². The summed E-state index contributed by atoms with van der Waals surface area (Å²) in [7, 11) is 0. The number of nitrogens with one attached hydrogen (secondary N) is 2. The summed E-state index contributed by atoms with van der Waals surface area (Å²) in [6.45, 7) is 3.64. The zero-order valence-corrected chi connectivity index (χ0v) is 14.2. The van der Waals surface area contributed by atoms with Crippen molar-refractivity contribution in [2.24, 2.45) is 5.92 Å². The first-order valence-corrected chi connectivity index (χ1v) is 9.26. The Kier molecular flexibility index (Phi) is 7.06. The molecule has 2 N–H and O–H groups in total. The van der Waals surface area contributed by atoms with Crippen LogP contribution in [0.2, 0.25) is 0 Å². The van der Waals surface area contributed by atoms with Crippen molar-refractivity contribution < 1.29 is 9.53 Å². The van der Waals surface area contributed by atoms with Crippen molar-refractivity contribution in [3.8, 4) is 0 Å². The van der Waals surface area contributed by atoms with E-state index in [1.165, 1.54) is 5.75 Å². The zero-order chi connectivity index (χ0) is 15.8. The lowest BCUT2D eigenvalue weighted by molar-refractivity contribution is 0.125. The van der Waals surface area contributed by atoms with E-state index < -0.39 is 0 Å². The summed E-state index contributed by atoms with van der Waals surface area (Å²) in [5.41, 5.74) is 1.01. The maximum atomic E-state index is 11.7. The summed E-state index contributed by atoms with van der Waals surface area (Å²) in [5, 5.41) is 6.48. The van der Waals surface area contributed by atoms with Crippen LogP contribution in [0.5, 0.6) is 0 Å². The molecule has 122 valence electrons. The second-order valence-corrected chi connectivity index (χ2v) is 6.95. The number of alkyl carbamates (subject to hydrolysis) is 1. The molecule has 0 spiro atoms. The third-order valence-electron chi connectivity index (χ3n) is 3.88. The summed E-state index contributed by atoms with van der Waals surface area (Å²) in [6.07, 6.45) is 3.81. The average molecular weight is 322 g/mol. The van der Waals surface area contributed by atoms with E-state index in [-0.39, 0.29) is 12.1 Å². The normalized spacial score (nSPS) is 21.7. The number of hydrogen-bond donors (Lipinski definition) is 2. The first-order chi connectivity index (χ1) is 10.7. The molecule has 0 heterocycles. The molecule has 1 fully saturated rings. The average Bonchev–Trinajstić information content (AvgIpc) is 2.48. The molecule has 1 aromatic carbocycles. The zero-order valence-electron chi connectivity index (χ0n) is 13.4. The highest BCUT2D eigenvalue weighted by molar-refractivity contribution is 7.98. The molecule has 0 radical (unpaired) electrons. The highest BCUT2D eigenvalue weighted by Crippen LogP contribution is 2.20. The number of carbonyl (C=O) groups is 1. The van der Waals surface area contributed by atoms with Gasteiger partial charge >= 0.3 is 6.09 Å². The Bertz CT molecular complexity index is 449. The number of carbonyl (C=O) groups excluding carboxylic acids is 1. The van der Waals surface area contributed by atoms with Gasteiger partial charge in [-0.25, -0.2) is 4.79 Å². The first kappa shape index (κ1) is 17.2. The number of thioether (sulfide) groups is 1. The minimum atomic E-state index is -0.317. The fraction of sp³-hybridized carbons (Fsp3) is 0.588. The first-order valence-electron chi connectivity index (χ1n) is 7.87. The Labute approximate surface area is 137 Å². The van der Waals surface area contributed by atoms with Crippen LogP contribution in [0.4, 0.5) is 4.79 Å². The molecule has 1 aliphatic rings. The second kappa shape index (κ2) is 9.06. The number of rotatable bonds is 8. The molecule has 0 bridgehead atoms. The molecular weight excluding hydrogens is 296 g/mol. The lowest BCUT2D eigenvalue weighted by Gasteiger charge is -2.36. The van der Waals surface area contributed by atoms with Crippen LogP contribution in [0.15, 0.2) is 30.3 Å². The van der Waals surface area contributed by atoms with E-state index in [1.807, 2.05) is 42.1 Å². The smallest absolute Gasteiger partial charge is 0.407 e. The number of benzene rings is 1. The molecular formula is C17H26N2O2S. The molecule has 1 aliphatic carbocycles.